The average Bonchev–Trinajstić information content (AvgIpc) is 3.09. The first kappa shape index (κ1) is 29.5. The third-order valence-electron chi connectivity index (χ3n) is 8.60. The van der Waals surface area contributed by atoms with Crippen molar-refractivity contribution in [1.82, 2.24) is 29.7 Å². The molecule has 2 aliphatic heterocycles. The van der Waals surface area contributed by atoms with Crippen LogP contribution < -0.4 is 14.2 Å². The Bertz CT molecular complexity index is 1480. The van der Waals surface area contributed by atoms with E-state index in [2.05, 4.69) is 85.4 Å². The fourth-order valence-electron chi connectivity index (χ4n) is 6.64. The van der Waals surface area contributed by atoms with Crippen molar-refractivity contribution in [2.75, 3.05) is 54.1 Å². The van der Waals surface area contributed by atoms with Crippen LogP contribution in [0.1, 0.15) is 33.1 Å². The van der Waals surface area contributed by atoms with Crippen molar-refractivity contribution < 1.29 is 19.0 Å². The number of fused-ring (bicyclic) bond motifs is 1. The molecule has 4 aromatic rings. The van der Waals surface area contributed by atoms with Crippen molar-refractivity contribution in [3.63, 3.8) is 0 Å². The highest BCUT2D eigenvalue weighted by Crippen LogP contribution is 2.37. The molecule has 0 saturated carbocycles. The second-order valence-electron chi connectivity index (χ2n) is 11.1. The van der Waals surface area contributed by atoms with Gasteiger partial charge in [-0.3, -0.25) is 19.6 Å². The zero-order valence-electron chi connectivity index (χ0n) is 25.4. The molecular formula is C34H38N6O4. The summed E-state index contributed by atoms with van der Waals surface area (Å²) >= 11 is 0. The van der Waals surface area contributed by atoms with Crippen molar-refractivity contribution in [3.8, 4) is 17.8 Å². The number of hydrogen-bond donors (Lipinski definition) is 0. The number of amides is 1. The highest BCUT2D eigenvalue weighted by molar-refractivity contribution is 5.92. The lowest BCUT2D eigenvalue weighted by Crippen LogP contribution is -2.67. The van der Waals surface area contributed by atoms with E-state index in [0.717, 1.165) is 25.2 Å². The molecule has 0 unspecified atom stereocenters. The summed E-state index contributed by atoms with van der Waals surface area (Å²) in [4.78, 5) is 33.7. The molecule has 0 aliphatic carbocycles. The predicted molar refractivity (Wildman–Crippen MR) is 166 cm³/mol. The second-order valence-corrected chi connectivity index (χ2v) is 11.1. The van der Waals surface area contributed by atoms with Crippen LogP contribution in [0, 0.1) is 0 Å². The van der Waals surface area contributed by atoms with E-state index in [4.69, 9.17) is 14.2 Å². The summed E-state index contributed by atoms with van der Waals surface area (Å²) in [5.74, 6) is 0.932. The Morgan fingerprint density at radius 3 is 2.00 bits per heavy atom. The molecule has 2 saturated heterocycles. The van der Waals surface area contributed by atoms with Crippen LogP contribution in [-0.4, -0.2) is 102 Å². The highest BCUT2D eigenvalue weighted by Gasteiger charge is 2.43. The van der Waals surface area contributed by atoms with Gasteiger partial charge in [0.15, 0.2) is 0 Å². The number of piperazine rings is 2. The van der Waals surface area contributed by atoms with Crippen LogP contribution in [0.15, 0.2) is 85.1 Å². The van der Waals surface area contributed by atoms with Crippen LogP contribution in [0.4, 0.5) is 0 Å². The van der Waals surface area contributed by atoms with Gasteiger partial charge in [0.1, 0.15) is 5.69 Å². The van der Waals surface area contributed by atoms with Gasteiger partial charge in [-0.2, -0.15) is 9.97 Å². The minimum Gasteiger partial charge on any atom is -0.481 e. The summed E-state index contributed by atoms with van der Waals surface area (Å²) in [6.07, 6.45) is 1.67. The Balaban J connectivity index is 1.37. The molecule has 44 heavy (non-hydrogen) atoms. The molecule has 10 heteroatoms. The maximum atomic E-state index is 13.5. The largest absolute Gasteiger partial charge is 0.481 e. The molecule has 2 aromatic heterocycles. The van der Waals surface area contributed by atoms with Crippen molar-refractivity contribution in [2.45, 2.75) is 24.5 Å². The van der Waals surface area contributed by atoms with E-state index in [9.17, 15) is 4.79 Å². The van der Waals surface area contributed by atoms with Gasteiger partial charge in [0.05, 0.1) is 26.9 Å². The van der Waals surface area contributed by atoms with Crippen LogP contribution in [0.3, 0.4) is 0 Å². The monoisotopic (exact) mass is 594 g/mol. The molecule has 0 radical (unpaired) electrons. The molecule has 4 heterocycles. The maximum absolute atomic E-state index is 13.5. The number of aromatic nitrogens is 3. The van der Waals surface area contributed by atoms with Gasteiger partial charge in [-0.15, -0.1) is 0 Å². The second kappa shape index (κ2) is 13.4. The Labute approximate surface area is 258 Å². The lowest BCUT2D eigenvalue weighted by Gasteiger charge is -2.53. The van der Waals surface area contributed by atoms with Gasteiger partial charge in [-0.05, 0) is 23.3 Å². The third kappa shape index (κ3) is 6.09. The van der Waals surface area contributed by atoms with Crippen molar-refractivity contribution in [2.24, 2.45) is 0 Å². The number of benzene rings is 2. The standard InChI is InChI=1S/C34H38N6O4/c1-42-31-27(32(43-2)37-34(36-31)44-3)22-38-20-26-21-39(33(41)28-16-10-11-17-35-28)18-19-40(26)29(23-38)30(24-12-6-4-7-13-24)25-14-8-5-9-15-25/h4-17,26,29-30H,18-23H2,1-3H3/t26-,29+/m1/s1. The summed E-state index contributed by atoms with van der Waals surface area (Å²) < 4.78 is 16.6. The smallest absolute Gasteiger partial charge is 0.322 e. The first-order valence-electron chi connectivity index (χ1n) is 14.9. The van der Waals surface area contributed by atoms with Crippen LogP contribution in [0.5, 0.6) is 17.8 Å². The van der Waals surface area contributed by atoms with Crippen molar-refractivity contribution in [1.29, 1.82) is 0 Å². The minimum absolute atomic E-state index is 0.0338. The Morgan fingerprint density at radius 1 is 0.795 bits per heavy atom. The minimum atomic E-state index is -0.0338. The number of methoxy groups -OCH3 is 3. The maximum Gasteiger partial charge on any atom is 0.322 e. The Morgan fingerprint density at radius 2 is 1.43 bits per heavy atom. The van der Waals surface area contributed by atoms with Crippen LogP contribution in [0.25, 0.3) is 0 Å². The summed E-state index contributed by atoms with van der Waals surface area (Å²) in [6, 6.07) is 27.3. The van der Waals surface area contributed by atoms with Gasteiger partial charge in [0.2, 0.25) is 11.8 Å². The Kier molecular flexibility index (Phi) is 8.99. The van der Waals surface area contributed by atoms with Crippen LogP contribution in [-0.2, 0) is 6.54 Å². The number of hydrogen-bond acceptors (Lipinski definition) is 9. The zero-order valence-corrected chi connectivity index (χ0v) is 25.4. The summed E-state index contributed by atoms with van der Waals surface area (Å²) in [5.41, 5.74) is 3.76. The molecule has 1 amide bonds. The molecular weight excluding hydrogens is 556 g/mol. The van der Waals surface area contributed by atoms with Gasteiger partial charge in [-0.1, -0.05) is 66.7 Å². The van der Waals surface area contributed by atoms with Gasteiger partial charge in [0.25, 0.3) is 5.91 Å². The normalized spacial score (nSPS) is 19.0. The molecule has 0 bridgehead atoms. The van der Waals surface area contributed by atoms with E-state index in [1.54, 1.807) is 26.5 Å². The van der Waals surface area contributed by atoms with Crippen LogP contribution >= 0.6 is 0 Å². The summed E-state index contributed by atoms with van der Waals surface area (Å²) in [7, 11) is 4.70. The number of carbonyl (C=O) groups is 1. The molecule has 2 atom stereocenters. The van der Waals surface area contributed by atoms with E-state index >= 15 is 0 Å². The molecule has 2 aromatic carbocycles. The molecule has 0 N–H and O–H groups in total. The third-order valence-corrected chi connectivity index (χ3v) is 8.60. The predicted octanol–water partition coefficient (Wildman–Crippen LogP) is 3.74. The first-order chi connectivity index (χ1) is 21.6. The highest BCUT2D eigenvalue weighted by atomic mass is 16.5. The molecule has 228 valence electrons. The zero-order chi connectivity index (χ0) is 30.5. The number of rotatable bonds is 9. The fourth-order valence-corrected chi connectivity index (χ4v) is 6.64. The fraction of sp³-hybridized carbons (Fsp3) is 0.353. The molecule has 2 fully saturated rings. The van der Waals surface area contributed by atoms with E-state index in [1.807, 2.05) is 17.0 Å². The average molecular weight is 595 g/mol. The molecule has 0 spiro atoms. The lowest BCUT2D eigenvalue weighted by molar-refractivity contribution is -0.0293. The van der Waals surface area contributed by atoms with Crippen molar-refractivity contribution >= 4 is 5.91 Å². The topological polar surface area (TPSA) is 93.2 Å². The van der Waals surface area contributed by atoms with Crippen LogP contribution in [0.2, 0.25) is 0 Å². The van der Waals surface area contributed by atoms with Gasteiger partial charge in [0, 0.05) is 63.5 Å². The SMILES string of the molecule is COc1nc(OC)c(CN2C[C@@H]3CN(C(=O)c4ccccn4)CCN3[C@H](C(c3ccccc3)c3ccccc3)C2)c(OC)n1. The Hall–Kier alpha value is -4.54. The van der Waals surface area contributed by atoms with Crippen molar-refractivity contribution in [3.05, 3.63) is 107 Å². The van der Waals surface area contributed by atoms with Gasteiger partial charge >= 0.3 is 6.01 Å². The van der Waals surface area contributed by atoms with E-state index in [1.165, 1.54) is 18.2 Å². The van der Waals surface area contributed by atoms with E-state index in [-0.39, 0.29) is 29.9 Å². The lowest BCUT2D eigenvalue weighted by atomic mass is 9.81. The number of ether oxygens (including phenoxy) is 3. The van der Waals surface area contributed by atoms with E-state index < -0.39 is 0 Å². The quantitative estimate of drug-likeness (QED) is 0.287. The first-order valence-corrected chi connectivity index (χ1v) is 14.9. The van der Waals surface area contributed by atoms with E-state index in [0.29, 0.717) is 37.1 Å². The molecule has 6 rings (SSSR count). The number of carbonyl (C=O) groups excluding carboxylic acids is 1. The van der Waals surface area contributed by atoms with Gasteiger partial charge < -0.3 is 19.1 Å². The number of nitrogens with zero attached hydrogens (tertiary/aromatic N) is 6. The summed E-state index contributed by atoms with van der Waals surface area (Å²) in [5, 5.41) is 0. The summed E-state index contributed by atoms with van der Waals surface area (Å²) in [6.45, 7) is 4.07. The van der Waals surface area contributed by atoms with Gasteiger partial charge in [-0.25, -0.2) is 0 Å². The number of pyridine rings is 1. The molecule has 2 aliphatic rings. The molecule has 10 nitrogen and oxygen atoms in total.